The van der Waals surface area contributed by atoms with E-state index in [1.165, 1.54) is 6.42 Å². The predicted octanol–water partition coefficient (Wildman–Crippen LogP) is 2.49. The molecule has 2 bridgehead atoms. The topological polar surface area (TPSA) is 62.5 Å². The summed E-state index contributed by atoms with van der Waals surface area (Å²) in [6, 6.07) is 1.89. The van der Waals surface area contributed by atoms with E-state index in [0.717, 1.165) is 18.4 Å². The summed E-state index contributed by atoms with van der Waals surface area (Å²) in [6.07, 6.45) is 3.48. The SMILES string of the molecule is Cc1cc(Br)oc1C(=O)N[C@@H]1[C@H]2CC[C@@H](C2)[C@@H]1CO. The Kier molecular flexibility index (Phi) is 3.43. The average Bonchev–Trinajstić information content (AvgIpc) is 3.03. The van der Waals surface area contributed by atoms with Gasteiger partial charge in [0, 0.05) is 24.1 Å². The summed E-state index contributed by atoms with van der Waals surface area (Å²) >= 11 is 3.24. The van der Waals surface area contributed by atoms with Gasteiger partial charge in [0.15, 0.2) is 10.4 Å². The minimum absolute atomic E-state index is 0.0968. The fourth-order valence-corrected chi connectivity index (χ4v) is 4.29. The summed E-state index contributed by atoms with van der Waals surface area (Å²) < 4.78 is 5.95. The van der Waals surface area contributed by atoms with Gasteiger partial charge in [-0.25, -0.2) is 0 Å². The highest BCUT2D eigenvalue weighted by atomic mass is 79.9. The molecule has 0 radical (unpaired) electrons. The molecule has 0 unspecified atom stereocenters. The molecule has 2 fully saturated rings. The van der Waals surface area contributed by atoms with Crippen LogP contribution in [0.15, 0.2) is 15.2 Å². The third-order valence-electron chi connectivity index (χ3n) is 4.69. The molecule has 104 valence electrons. The lowest BCUT2D eigenvalue weighted by atomic mass is 9.85. The number of aryl methyl sites for hydroxylation is 1. The number of carbonyl (C=O) groups excluding carboxylic acids is 1. The van der Waals surface area contributed by atoms with Crippen molar-refractivity contribution in [2.24, 2.45) is 17.8 Å². The van der Waals surface area contributed by atoms with Gasteiger partial charge < -0.3 is 14.8 Å². The molecule has 0 aromatic carbocycles. The quantitative estimate of drug-likeness (QED) is 0.896. The lowest BCUT2D eigenvalue weighted by Crippen LogP contribution is -2.45. The van der Waals surface area contributed by atoms with Crippen LogP contribution in [-0.4, -0.2) is 23.7 Å². The van der Waals surface area contributed by atoms with Crippen molar-refractivity contribution in [3.63, 3.8) is 0 Å². The summed E-state index contributed by atoms with van der Waals surface area (Å²) in [7, 11) is 0. The summed E-state index contributed by atoms with van der Waals surface area (Å²) in [5.41, 5.74) is 0.827. The Labute approximate surface area is 120 Å². The minimum atomic E-state index is -0.167. The number of hydrogen-bond donors (Lipinski definition) is 2. The number of carbonyl (C=O) groups is 1. The first kappa shape index (κ1) is 13.2. The van der Waals surface area contributed by atoms with Crippen molar-refractivity contribution in [2.75, 3.05) is 6.61 Å². The van der Waals surface area contributed by atoms with Crippen LogP contribution in [0.5, 0.6) is 0 Å². The molecule has 1 amide bonds. The number of furan rings is 1. The summed E-state index contributed by atoms with van der Waals surface area (Å²) in [6.45, 7) is 2.01. The highest BCUT2D eigenvalue weighted by Crippen LogP contribution is 2.48. The van der Waals surface area contributed by atoms with Gasteiger partial charge in [0.05, 0.1) is 0 Å². The number of halogens is 1. The summed E-state index contributed by atoms with van der Waals surface area (Å²) in [5, 5.41) is 12.6. The molecule has 4 atom stereocenters. The molecular weight excluding hydrogens is 310 g/mol. The first-order valence-corrected chi connectivity index (χ1v) is 7.57. The van der Waals surface area contributed by atoms with Gasteiger partial charge in [0.25, 0.3) is 5.91 Å². The molecule has 0 saturated heterocycles. The van der Waals surface area contributed by atoms with Crippen LogP contribution in [-0.2, 0) is 0 Å². The van der Waals surface area contributed by atoms with Crippen molar-refractivity contribution in [1.82, 2.24) is 5.32 Å². The van der Waals surface area contributed by atoms with Crippen molar-refractivity contribution in [1.29, 1.82) is 0 Å². The lowest BCUT2D eigenvalue weighted by molar-refractivity contribution is 0.0832. The van der Waals surface area contributed by atoms with Crippen LogP contribution in [0, 0.1) is 24.7 Å². The van der Waals surface area contributed by atoms with Gasteiger partial charge in [-0.1, -0.05) is 0 Å². The highest BCUT2D eigenvalue weighted by molar-refractivity contribution is 9.10. The molecule has 2 aliphatic rings. The van der Waals surface area contributed by atoms with Gasteiger partial charge in [-0.2, -0.15) is 0 Å². The number of nitrogens with one attached hydrogen (secondary N) is 1. The van der Waals surface area contributed by atoms with E-state index in [1.807, 2.05) is 6.92 Å². The van der Waals surface area contributed by atoms with Crippen LogP contribution >= 0.6 is 15.9 Å². The van der Waals surface area contributed by atoms with Gasteiger partial charge >= 0.3 is 0 Å². The average molecular weight is 328 g/mol. The predicted molar refractivity (Wildman–Crippen MR) is 73.8 cm³/mol. The molecule has 2 N–H and O–H groups in total. The standard InChI is InChI=1S/C14H18BrNO3/c1-7-4-11(15)19-13(7)14(18)16-12-9-3-2-8(5-9)10(12)6-17/h4,8-10,12,17H,2-3,5-6H2,1H3,(H,16,18)/t8-,9-,10-,12+/m0/s1. The number of aliphatic hydroxyl groups is 1. The van der Waals surface area contributed by atoms with Gasteiger partial charge in [-0.15, -0.1) is 0 Å². The second kappa shape index (κ2) is 4.94. The van der Waals surface area contributed by atoms with E-state index in [1.54, 1.807) is 6.07 Å². The number of amides is 1. The molecule has 2 aliphatic carbocycles. The normalized spacial score (nSPS) is 32.8. The monoisotopic (exact) mass is 327 g/mol. The molecule has 2 saturated carbocycles. The van der Waals surface area contributed by atoms with Crippen LogP contribution in [0.1, 0.15) is 35.4 Å². The smallest absolute Gasteiger partial charge is 0.287 e. The molecule has 1 aromatic rings. The summed E-state index contributed by atoms with van der Waals surface area (Å²) in [4.78, 5) is 12.3. The third kappa shape index (κ3) is 2.23. The van der Waals surface area contributed by atoms with Crippen molar-refractivity contribution in [2.45, 2.75) is 32.2 Å². The Balaban J connectivity index is 1.74. The molecular formula is C14H18BrNO3. The Bertz CT molecular complexity index is 499. The van der Waals surface area contributed by atoms with E-state index in [-0.39, 0.29) is 24.5 Å². The van der Waals surface area contributed by atoms with Gasteiger partial charge in [-0.05, 0) is 60.0 Å². The van der Waals surface area contributed by atoms with Crippen LogP contribution in [0.4, 0.5) is 0 Å². The Morgan fingerprint density at radius 2 is 2.26 bits per heavy atom. The van der Waals surface area contributed by atoms with Crippen molar-refractivity contribution >= 4 is 21.8 Å². The zero-order valence-electron chi connectivity index (χ0n) is 10.9. The second-order valence-corrected chi connectivity index (χ2v) is 6.52. The van der Waals surface area contributed by atoms with Gasteiger partial charge in [0.2, 0.25) is 0 Å². The third-order valence-corrected chi connectivity index (χ3v) is 5.08. The largest absolute Gasteiger partial charge is 0.444 e. The Morgan fingerprint density at radius 1 is 1.53 bits per heavy atom. The zero-order valence-corrected chi connectivity index (χ0v) is 12.4. The first-order chi connectivity index (χ1) is 9.10. The van der Waals surface area contributed by atoms with Crippen LogP contribution in [0.2, 0.25) is 0 Å². The van der Waals surface area contributed by atoms with E-state index < -0.39 is 0 Å². The maximum Gasteiger partial charge on any atom is 0.287 e. The molecule has 0 spiro atoms. The van der Waals surface area contributed by atoms with Gasteiger partial charge in [-0.3, -0.25) is 4.79 Å². The van der Waals surface area contributed by atoms with E-state index in [4.69, 9.17) is 4.42 Å². The Hall–Kier alpha value is -0.810. The van der Waals surface area contributed by atoms with E-state index in [9.17, 15) is 9.90 Å². The molecule has 4 nitrogen and oxygen atoms in total. The Morgan fingerprint density at radius 3 is 2.89 bits per heavy atom. The molecule has 19 heavy (non-hydrogen) atoms. The number of hydrogen-bond acceptors (Lipinski definition) is 3. The maximum absolute atomic E-state index is 12.3. The first-order valence-electron chi connectivity index (χ1n) is 6.77. The second-order valence-electron chi connectivity index (χ2n) is 5.74. The maximum atomic E-state index is 12.3. The van der Waals surface area contributed by atoms with Crippen LogP contribution in [0.25, 0.3) is 0 Å². The minimum Gasteiger partial charge on any atom is -0.444 e. The van der Waals surface area contributed by atoms with E-state index >= 15 is 0 Å². The fourth-order valence-electron chi connectivity index (χ4n) is 3.78. The summed E-state index contributed by atoms with van der Waals surface area (Å²) in [5.74, 6) is 1.50. The molecule has 1 aromatic heterocycles. The highest BCUT2D eigenvalue weighted by Gasteiger charge is 2.47. The van der Waals surface area contributed by atoms with Crippen molar-refractivity contribution < 1.29 is 14.3 Å². The van der Waals surface area contributed by atoms with Gasteiger partial charge in [0.1, 0.15) is 0 Å². The lowest BCUT2D eigenvalue weighted by Gasteiger charge is -2.30. The molecule has 5 heteroatoms. The molecule has 3 rings (SSSR count). The number of rotatable bonds is 3. The van der Waals surface area contributed by atoms with Crippen LogP contribution in [0.3, 0.4) is 0 Å². The zero-order chi connectivity index (χ0) is 13.6. The molecule has 0 aliphatic heterocycles. The fraction of sp³-hybridized carbons (Fsp3) is 0.643. The van der Waals surface area contributed by atoms with E-state index in [0.29, 0.717) is 22.3 Å². The van der Waals surface area contributed by atoms with Crippen molar-refractivity contribution in [3.05, 3.63) is 22.1 Å². The number of fused-ring (bicyclic) bond motifs is 2. The van der Waals surface area contributed by atoms with Crippen molar-refractivity contribution in [3.8, 4) is 0 Å². The van der Waals surface area contributed by atoms with Crippen LogP contribution < -0.4 is 5.32 Å². The van der Waals surface area contributed by atoms with E-state index in [2.05, 4.69) is 21.2 Å². The number of aliphatic hydroxyl groups excluding tert-OH is 1. The molecule has 1 heterocycles.